The van der Waals surface area contributed by atoms with Crippen molar-refractivity contribution < 1.29 is 0 Å². The van der Waals surface area contributed by atoms with Gasteiger partial charge in [0, 0.05) is 12.6 Å². The highest BCUT2D eigenvalue weighted by molar-refractivity contribution is 5.29. The fourth-order valence-corrected chi connectivity index (χ4v) is 1.99. The largest absolute Gasteiger partial charge is 0.303 e. The van der Waals surface area contributed by atoms with Crippen LogP contribution in [0.25, 0.3) is 0 Å². The number of hydrogen-bond acceptors (Lipinski definition) is 1. The van der Waals surface area contributed by atoms with Gasteiger partial charge in [0.2, 0.25) is 0 Å². The molecular weight excluding hydrogens is 158 g/mol. The minimum atomic E-state index is 0.684. The standard InChI is InChI=1S/C12H17N/c1-10-9-12-6-4-3-5-11(12)7-8-13(10)2/h3-6,10H,7-9H2,1-2H3/t10-/m0/s1. The highest BCUT2D eigenvalue weighted by atomic mass is 15.1. The highest BCUT2D eigenvalue weighted by Crippen LogP contribution is 2.18. The molecule has 0 N–H and O–H groups in total. The van der Waals surface area contributed by atoms with E-state index in [1.165, 1.54) is 19.4 Å². The molecule has 0 fully saturated rings. The predicted octanol–water partition coefficient (Wildman–Crippen LogP) is 2.11. The molecule has 0 radical (unpaired) electrons. The van der Waals surface area contributed by atoms with Gasteiger partial charge in [0.05, 0.1) is 0 Å². The zero-order valence-corrected chi connectivity index (χ0v) is 8.46. The molecule has 0 aliphatic carbocycles. The van der Waals surface area contributed by atoms with Gasteiger partial charge in [-0.15, -0.1) is 0 Å². The van der Waals surface area contributed by atoms with Crippen LogP contribution in [0.15, 0.2) is 24.3 Å². The van der Waals surface area contributed by atoms with Crippen LogP contribution >= 0.6 is 0 Å². The summed E-state index contributed by atoms with van der Waals surface area (Å²) in [5, 5.41) is 0. The average molecular weight is 175 g/mol. The van der Waals surface area contributed by atoms with E-state index in [2.05, 4.69) is 43.1 Å². The summed E-state index contributed by atoms with van der Waals surface area (Å²) in [4.78, 5) is 2.44. The maximum Gasteiger partial charge on any atom is 0.0104 e. The first-order chi connectivity index (χ1) is 6.27. The molecule has 0 spiro atoms. The maximum absolute atomic E-state index is 2.44. The number of benzene rings is 1. The lowest BCUT2D eigenvalue weighted by molar-refractivity contribution is 0.268. The van der Waals surface area contributed by atoms with Crippen molar-refractivity contribution in [3.63, 3.8) is 0 Å². The summed E-state index contributed by atoms with van der Waals surface area (Å²) in [6.07, 6.45) is 2.41. The molecule has 0 unspecified atom stereocenters. The van der Waals surface area contributed by atoms with Gasteiger partial charge in [0.1, 0.15) is 0 Å². The second-order valence-electron chi connectivity index (χ2n) is 4.05. The SMILES string of the molecule is C[C@H]1Cc2ccccc2CCN1C. The summed E-state index contributed by atoms with van der Waals surface area (Å²) in [6, 6.07) is 9.52. The Kier molecular flexibility index (Phi) is 2.36. The molecule has 0 amide bonds. The van der Waals surface area contributed by atoms with Gasteiger partial charge >= 0.3 is 0 Å². The van der Waals surface area contributed by atoms with Crippen molar-refractivity contribution in [2.45, 2.75) is 25.8 Å². The Morgan fingerprint density at radius 1 is 1.23 bits per heavy atom. The molecule has 0 saturated heterocycles. The number of likely N-dealkylation sites (N-methyl/N-ethyl adjacent to an activating group) is 1. The van der Waals surface area contributed by atoms with Crippen molar-refractivity contribution in [1.82, 2.24) is 4.90 Å². The quantitative estimate of drug-likeness (QED) is 0.583. The smallest absolute Gasteiger partial charge is 0.0104 e. The molecular formula is C12H17N. The first-order valence-corrected chi connectivity index (χ1v) is 5.04. The fourth-order valence-electron chi connectivity index (χ4n) is 1.99. The number of nitrogens with zero attached hydrogens (tertiary/aromatic N) is 1. The van der Waals surface area contributed by atoms with Crippen molar-refractivity contribution in [1.29, 1.82) is 0 Å². The van der Waals surface area contributed by atoms with E-state index in [1.54, 1.807) is 11.1 Å². The van der Waals surface area contributed by atoms with Gasteiger partial charge in [-0.2, -0.15) is 0 Å². The van der Waals surface area contributed by atoms with E-state index in [-0.39, 0.29) is 0 Å². The van der Waals surface area contributed by atoms with E-state index in [9.17, 15) is 0 Å². The highest BCUT2D eigenvalue weighted by Gasteiger charge is 2.16. The maximum atomic E-state index is 2.44. The molecule has 1 heterocycles. The van der Waals surface area contributed by atoms with E-state index in [0.29, 0.717) is 6.04 Å². The predicted molar refractivity (Wildman–Crippen MR) is 55.9 cm³/mol. The van der Waals surface area contributed by atoms with Gasteiger partial charge < -0.3 is 4.90 Å². The van der Waals surface area contributed by atoms with Crippen molar-refractivity contribution in [3.05, 3.63) is 35.4 Å². The van der Waals surface area contributed by atoms with Crippen molar-refractivity contribution in [3.8, 4) is 0 Å². The van der Waals surface area contributed by atoms with E-state index < -0.39 is 0 Å². The Morgan fingerprint density at radius 3 is 2.69 bits per heavy atom. The Balaban J connectivity index is 2.29. The van der Waals surface area contributed by atoms with Crippen LogP contribution in [0.1, 0.15) is 18.1 Å². The minimum absolute atomic E-state index is 0.684. The van der Waals surface area contributed by atoms with Crippen LogP contribution in [-0.4, -0.2) is 24.5 Å². The van der Waals surface area contributed by atoms with Gasteiger partial charge in [-0.1, -0.05) is 24.3 Å². The second kappa shape index (κ2) is 3.51. The zero-order valence-electron chi connectivity index (χ0n) is 8.46. The molecule has 0 aromatic heterocycles. The summed E-state index contributed by atoms with van der Waals surface area (Å²) >= 11 is 0. The van der Waals surface area contributed by atoms with Crippen LogP contribution in [0.5, 0.6) is 0 Å². The Bertz CT molecular complexity index is 293. The molecule has 1 heteroatoms. The number of fused-ring (bicyclic) bond motifs is 1. The molecule has 13 heavy (non-hydrogen) atoms. The van der Waals surface area contributed by atoms with Crippen LogP contribution < -0.4 is 0 Å². The van der Waals surface area contributed by atoms with Crippen LogP contribution in [-0.2, 0) is 12.8 Å². The molecule has 1 atom stereocenters. The van der Waals surface area contributed by atoms with Crippen LogP contribution in [0.3, 0.4) is 0 Å². The lowest BCUT2D eigenvalue weighted by atomic mass is 10.0. The number of rotatable bonds is 0. The summed E-state index contributed by atoms with van der Waals surface area (Å²) < 4.78 is 0. The molecule has 0 saturated carbocycles. The van der Waals surface area contributed by atoms with Crippen molar-refractivity contribution >= 4 is 0 Å². The Morgan fingerprint density at radius 2 is 1.92 bits per heavy atom. The molecule has 1 aromatic rings. The van der Waals surface area contributed by atoms with E-state index >= 15 is 0 Å². The zero-order chi connectivity index (χ0) is 9.26. The number of hydrogen-bond donors (Lipinski definition) is 0. The third kappa shape index (κ3) is 1.75. The first-order valence-electron chi connectivity index (χ1n) is 5.04. The molecule has 1 aliphatic rings. The van der Waals surface area contributed by atoms with Gasteiger partial charge in [0.25, 0.3) is 0 Å². The van der Waals surface area contributed by atoms with Crippen LogP contribution in [0, 0.1) is 0 Å². The molecule has 1 aromatic carbocycles. The lowest BCUT2D eigenvalue weighted by Gasteiger charge is -2.21. The normalized spacial score (nSPS) is 23.7. The van der Waals surface area contributed by atoms with Crippen LogP contribution in [0.2, 0.25) is 0 Å². The molecule has 2 rings (SSSR count). The van der Waals surface area contributed by atoms with E-state index in [1.807, 2.05) is 0 Å². The second-order valence-corrected chi connectivity index (χ2v) is 4.05. The van der Waals surface area contributed by atoms with Gasteiger partial charge in [-0.25, -0.2) is 0 Å². The summed E-state index contributed by atoms with van der Waals surface area (Å²) in [5.41, 5.74) is 3.08. The van der Waals surface area contributed by atoms with Gasteiger partial charge in [-0.05, 0) is 37.9 Å². The third-order valence-electron chi connectivity index (χ3n) is 3.12. The Labute approximate surface area is 80.4 Å². The first kappa shape index (κ1) is 8.76. The van der Waals surface area contributed by atoms with Crippen molar-refractivity contribution in [2.24, 2.45) is 0 Å². The third-order valence-corrected chi connectivity index (χ3v) is 3.12. The molecule has 0 bridgehead atoms. The van der Waals surface area contributed by atoms with Gasteiger partial charge in [0.15, 0.2) is 0 Å². The summed E-state index contributed by atoms with van der Waals surface area (Å²) in [5.74, 6) is 0. The molecule has 1 nitrogen and oxygen atoms in total. The Hall–Kier alpha value is -0.820. The van der Waals surface area contributed by atoms with E-state index in [0.717, 1.165) is 0 Å². The average Bonchev–Trinajstić information content (AvgIpc) is 2.28. The van der Waals surface area contributed by atoms with Gasteiger partial charge in [-0.3, -0.25) is 0 Å². The topological polar surface area (TPSA) is 3.24 Å². The summed E-state index contributed by atoms with van der Waals surface area (Å²) in [6.45, 7) is 3.50. The monoisotopic (exact) mass is 175 g/mol. The van der Waals surface area contributed by atoms with E-state index in [4.69, 9.17) is 0 Å². The fraction of sp³-hybridized carbons (Fsp3) is 0.500. The van der Waals surface area contributed by atoms with Crippen molar-refractivity contribution in [2.75, 3.05) is 13.6 Å². The molecule has 1 aliphatic heterocycles. The summed E-state index contributed by atoms with van der Waals surface area (Å²) in [7, 11) is 2.22. The van der Waals surface area contributed by atoms with Crippen LogP contribution in [0.4, 0.5) is 0 Å². The lowest BCUT2D eigenvalue weighted by Crippen LogP contribution is -2.30. The molecule has 70 valence electrons. The minimum Gasteiger partial charge on any atom is -0.303 e.